The highest BCUT2D eigenvalue weighted by Gasteiger charge is 2.31. The van der Waals surface area contributed by atoms with Crippen molar-refractivity contribution in [3.63, 3.8) is 0 Å². The summed E-state index contributed by atoms with van der Waals surface area (Å²) in [6.45, 7) is 5.05. The van der Waals surface area contributed by atoms with Crippen LogP contribution in [0.4, 0.5) is 0 Å². The van der Waals surface area contributed by atoms with Gasteiger partial charge in [0.2, 0.25) is 0 Å². The minimum atomic E-state index is -0.287. The van der Waals surface area contributed by atoms with Gasteiger partial charge in [-0.15, -0.1) is 0 Å². The van der Waals surface area contributed by atoms with E-state index >= 15 is 0 Å². The molecule has 1 atom stereocenters. The average molecular weight is 273 g/mol. The zero-order valence-electron chi connectivity index (χ0n) is 13.2. The molecule has 0 saturated heterocycles. The maximum absolute atomic E-state index is 12.6. The molecule has 0 heterocycles. The molecule has 2 nitrogen and oxygen atoms in total. The van der Waals surface area contributed by atoms with Crippen LogP contribution in [0.3, 0.4) is 0 Å². The summed E-state index contributed by atoms with van der Waals surface area (Å²) in [7, 11) is 4.05. The maximum atomic E-state index is 12.6. The van der Waals surface area contributed by atoms with E-state index in [2.05, 4.69) is 18.7 Å². The summed E-state index contributed by atoms with van der Waals surface area (Å²) in [5.74, 6) is 0.225. The van der Waals surface area contributed by atoms with E-state index in [-0.39, 0.29) is 11.2 Å². The molecule has 1 rings (SSSR count). The second kappa shape index (κ2) is 8.01. The van der Waals surface area contributed by atoms with Crippen LogP contribution in [0.25, 0.3) is 6.08 Å². The number of allylic oxidation sites excluding steroid dienone is 1. The lowest BCUT2D eigenvalue weighted by Crippen LogP contribution is -2.37. The lowest BCUT2D eigenvalue weighted by molar-refractivity contribution is -0.124. The monoisotopic (exact) mass is 273 g/mol. The van der Waals surface area contributed by atoms with E-state index in [0.29, 0.717) is 0 Å². The van der Waals surface area contributed by atoms with Crippen molar-refractivity contribution in [1.82, 2.24) is 4.90 Å². The molecule has 0 unspecified atom stereocenters. The molecular formula is C18H27NO. The lowest BCUT2D eigenvalue weighted by atomic mass is 9.80. The first-order chi connectivity index (χ1) is 9.48. The lowest BCUT2D eigenvalue weighted by Gasteiger charge is -2.30. The molecular weight excluding hydrogens is 246 g/mol. The van der Waals surface area contributed by atoms with Gasteiger partial charge in [0.1, 0.15) is 0 Å². The van der Waals surface area contributed by atoms with Gasteiger partial charge in [0.25, 0.3) is 0 Å². The number of carbonyl (C=O) groups excluding carboxylic acids is 1. The van der Waals surface area contributed by atoms with Crippen molar-refractivity contribution in [1.29, 1.82) is 0 Å². The molecule has 0 aliphatic rings. The summed E-state index contributed by atoms with van der Waals surface area (Å²) in [5.41, 5.74) is 0.786. The number of ketones is 1. The van der Waals surface area contributed by atoms with Gasteiger partial charge in [-0.1, -0.05) is 63.1 Å². The zero-order chi connectivity index (χ0) is 15.0. The van der Waals surface area contributed by atoms with Crippen molar-refractivity contribution in [3.8, 4) is 0 Å². The number of carbonyl (C=O) groups is 1. The minimum Gasteiger partial charge on any atom is -0.308 e. The van der Waals surface area contributed by atoms with Crippen LogP contribution in [-0.2, 0) is 4.79 Å². The predicted octanol–water partition coefficient (Wildman–Crippen LogP) is 4.03. The molecule has 0 aliphatic carbocycles. The van der Waals surface area contributed by atoms with Crippen LogP contribution in [0.15, 0.2) is 36.4 Å². The van der Waals surface area contributed by atoms with E-state index in [1.54, 1.807) is 6.08 Å². The Labute approximate surface area is 123 Å². The van der Waals surface area contributed by atoms with Crippen molar-refractivity contribution >= 4 is 11.9 Å². The third-order valence-electron chi connectivity index (χ3n) is 3.57. The highest BCUT2D eigenvalue weighted by Crippen LogP contribution is 2.27. The first-order valence-electron chi connectivity index (χ1n) is 7.40. The minimum absolute atomic E-state index is 0.225. The third kappa shape index (κ3) is 5.30. The molecule has 0 bridgehead atoms. The number of benzene rings is 1. The first kappa shape index (κ1) is 16.6. The Kier molecular flexibility index (Phi) is 6.66. The molecule has 0 aliphatic heterocycles. The normalized spacial score (nSPS) is 14.7. The topological polar surface area (TPSA) is 20.3 Å². The standard InChI is InChI=1S/C18H27NO/c1-5-6-14-18(2,15-19(3)4)17(20)13-12-16-10-8-7-9-11-16/h7-13H,5-6,14-15H2,1-4H3/b13-12+/t18-/m0/s1. The first-order valence-corrected chi connectivity index (χ1v) is 7.40. The van der Waals surface area contributed by atoms with Crippen LogP contribution >= 0.6 is 0 Å². The summed E-state index contributed by atoms with van der Waals surface area (Å²) in [6.07, 6.45) is 6.82. The molecule has 0 saturated carbocycles. The van der Waals surface area contributed by atoms with E-state index < -0.39 is 0 Å². The molecule has 1 aromatic carbocycles. The summed E-state index contributed by atoms with van der Waals surface area (Å²) in [5, 5.41) is 0. The van der Waals surface area contributed by atoms with Gasteiger partial charge in [-0.05, 0) is 32.2 Å². The molecule has 0 spiro atoms. The Morgan fingerprint density at radius 3 is 2.45 bits per heavy atom. The van der Waals surface area contributed by atoms with E-state index in [1.807, 2.05) is 50.5 Å². The van der Waals surface area contributed by atoms with E-state index in [9.17, 15) is 4.79 Å². The van der Waals surface area contributed by atoms with Gasteiger partial charge < -0.3 is 4.90 Å². The van der Waals surface area contributed by atoms with Crippen molar-refractivity contribution in [2.24, 2.45) is 5.41 Å². The van der Waals surface area contributed by atoms with Gasteiger partial charge in [-0.25, -0.2) is 0 Å². The highest BCUT2D eigenvalue weighted by molar-refractivity contribution is 5.98. The van der Waals surface area contributed by atoms with Gasteiger partial charge in [-0.3, -0.25) is 4.79 Å². The Balaban J connectivity index is 2.79. The van der Waals surface area contributed by atoms with Crippen LogP contribution in [0.1, 0.15) is 38.7 Å². The van der Waals surface area contributed by atoms with Gasteiger partial charge in [0.05, 0.1) is 0 Å². The van der Waals surface area contributed by atoms with Crippen molar-refractivity contribution in [2.45, 2.75) is 33.1 Å². The molecule has 20 heavy (non-hydrogen) atoms. The Morgan fingerprint density at radius 1 is 1.25 bits per heavy atom. The summed E-state index contributed by atoms with van der Waals surface area (Å²) in [4.78, 5) is 14.7. The fourth-order valence-corrected chi connectivity index (χ4v) is 2.48. The number of rotatable bonds is 8. The smallest absolute Gasteiger partial charge is 0.162 e. The van der Waals surface area contributed by atoms with Crippen LogP contribution in [0.2, 0.25) is 0 Å². The van der Waals surface area contributed by atoms with Crippen molar-refractivity contribution in [3.05, 3.63) is 42.0 Å². The molecule has 1 aromatic rings. The number of unbranched alkanes of at least 4 members (excludes halogenated alkanes) is 1. The Bertz CT molecular complexity index is 436. The molecule has 0 fully saturated rings. The van der Waals surface area contributed by atoms with Crippen molar-refractivity contribution in [2.75, 3.05) is 20.6 Å². The molecule has 0 aromatic heterocycles. The zero-order valence-corrected chi connectivity index (χ0v) is 13.2. The maximum Gasteiger partial charge on any atom is 0.162 e. The SMILES string of the molecule is CCCC[C@@](C)(CN(C)C)C(=O)/C=C/c1ccccc1. The Hall–Kier alpha value is -1.41. The van der Waals surface area contributed by atoms with Gasteiger partial charge in [-0.2, -0.15) is 0 Å². The molecule has 0 radical (unpaired) electrons. The fraction of sp³-hybridized carbons (Fsp3) is 0.500. The second-order valence-electron chi connectivity index (χ2n) is 6.01. The summed E-state index contributed by atoms with van der Waals surface area (Å²) in [6, 6.07) is 9.98. The number of hydrogen-bond donors (Lipinski definition) is 0. The van der Waals surface area contributed by atoms with Crippen LogP contribution < -0.4 is 0 Å². The van der Waals surface area contributed by atoms with E-state index in [4.69, 9.17) is 0 Å². The highest BCUT2D eigenvalue weighted by atomic mass is 16.1. The third-order valence-corrected chi connectivity index (χ3v) is 3.57. The predicted molar refractivity (Wildman–Crippen MR) is 86.7 cm³/mol. The van der Waals surface area contributed by atoms with Gasteiger partial charge in [0, 0.05) is 12.0 Å². The van der Waals surface area contributed by atoms with E-state index in [1.165, 1.54) is 0 Å². The van der Waals surface area contributed by atoms with Crippen LogP contribution in [0, 0.1) is 5.41 Å². The number of nitrogens with zero attached hydrogens (tertiary/aromatic N) is 1. The molecule has 0 N–H and O–H groups in total. The molecule has 0 amide bonds. The molecule has 110 valence electrons. The summed E-state index contributed by atoms with van der Waals surface area (Å²) < 4.78 is 0. The largest absolute Gasteiger partial charge is 0.308 e. The summed E-state index contributed by atoms with van der Waals surface area (Å²) >= 11 is 0. The van der Waals surface area contributed by atoms with Gasteiger partial charge >= 0.3 is 0 Å². The average Bonchev–Trinajstić information content (AvgIpc) is 2.43. The van der Waals surface area contributed by atoms with Crippen molar-refractivity contribution < 1.29 is 4.79 Å². The second-order valence-corrected chi connectivity index (χ2v) is 6.01. The fourth-order valence-electron chi connectivity index (χ4n) is 2.48. The van der Waals surface area contributed by atoms with E-state index in [0.717, 1.165) is 31.4 Å². The van der Waals surface area contributed by atoms with Crippen LogP contribution in [-0.4, -0.2) is 31.3 Å². The number of hydrogen-bond acceptors (Lipinski definition) is 2. The molecule has 2 heteroatoms. The quantitative estimate of drug-likeness (QED) is 0.667. The van der Waals surface area contributed by atoms with Gasteiger partial charge in [0.15, 0.2) is 5.78 Å². The van der Waals surface area contributed by atoms with Crippen LogP contribution in [0.5, 0.6) is 0 Å². The Morgan fingerprint density at radius 2 is 1.90 bits per heavy atom.